The van der Waals surface area contributed by atoms with Crippen molar-refractivity contribution in [2.75, 3.05) is 6.61 Å². The molecular weight excluding hydrogens is 436 g/mol. The highest BCUT2D eigenvalue weighted by Crippen LogP contribution is 2.57. The van der Waals surface area contributed by atoms with Crippen molar-refractivity contribution in [2.45, 2.75) is 30.5 Å². The minimum absolute atomic E-state index is 0.0125. The van der Waals surface area contributed by atoms with Gasteiger partial charge in [-0.15, -0.1) is 0 Å². The number of benzene rings is 3. The van der Waals surface area contributed by atoms with Crippen LogP contribution in [-0.4, -0.2) is 17.8 Å². The lowest BCUT2D eigenvalue weighted by atomic mass is 9.85. The quantitative estimate of drug-likeness (QED) is 0.592. The van der Waals surface area contributed by atoms with Crippen molar-refractivity contribution in [3.63, 3.8) is 0 Å². The summed E-state index contributed by atoms with van der Waals surface area (Å²) >= 11 is 6.39. The van der Waals surface area contributed by atoms with Gasteiger partial charge in [-0.3, -0.25) is 0 Å². The van der Waals surface area contributed by atoms with Crippen LogP contribution in [0.25, 0.3) is 11.1 Å². The van der Waals surface area contributed by atoms with E-state index in [4.69, 9.17) is 21.1 Å². The fourth-order valence-electron chi connectivity index (χ4n) is 4.97. The van der Waals surface area contributed by atoms with Gasteiger partial charge >= 0.3 is 0 Å². The second-order valence-electron chi connectivity index (χ2n) is 8.46. The molecule has 7 heteroatoms. The Hall–Kier alpha value is -3.14. The van der Waals surface area contributed by atoms with Crippen LogP contribution in [0.5, 0.6) is 11.5 Å². The molecule has 3 aliphatic rings. The average molecular weight is 452 g/mol. The van der Waals surface area contributed by atoms with Gasteiger partial charge in [0.2, 0.25) is 0 Å². The Labute approximate surface area is 187 Å². The largest absolute Gasteiger partial charge is 0.489 e. The molecule has 2 aliphatic heterocycles. The van der Waals surface area contributed by atoms with Crippen LogP contribution in [0.2, 0.25) is 5.02 Å². The van der Waals surface area contributed by atoms with Crippen LogP contribution < -0.4 is 9.47 Å². The molecule has 1 N–H and O–H groups in total. The van der Waals surface area contributed by atoms with Crippen LogP contribution in [0.1, 0.15) is 34.6 Å². The Morgan fingerprint density at radius 3 is 2.66 bits per heavy atom. The van der Waals surface area contributed by atoms with Crippen LogP contribution in [-0.2, 0) is 12.0 Å². The summed E-state index contributed by atoms with van der Waals surface area (Å²) in [6.07, 6.45) is 0.787. The highest BCUT2D eigenvalue weighted by molar-refractivity contribution is 6.34. The van der Waals surface area contributed by atoms with E-state index in [9.17, 15) is 14.8 Å². The van der Waals surface area contributed by atoms with Gasteiger partial charge in [0.1, 0.15) is 35.3 Å². The molecule has 1 saturated carbocycles. The third kappa shape index (κ3) is 2.55. The Bertz CT molecular complexity index is 1340. The Kier molecular flexibility index (Phi) is 4.08. The van der Waals surface area contributed by atoms with E-state index in [0.717, 1.165) is 12.5 Å². The lowest BCUT2D eigenvalue weighted by Crippen LogP contribution is -2.35. The minimum Gasteiger partial charge on any atom is -0.489 e. The second kappa shape index (κ2) is 6.68. The lowest BCUT2D eigenvalue weighted by Gasteiger charge is -2.27. The van der Waals surface area contributed by atoms with Gasteiger partial charge in [-0.05, 0) is 18.1 Å². The maximum Gasteiger partial charge on any atom is 0.161 e. The monoisotopic (exact) mass is 451 g/mol. The maximum absolute atomic E-state index is 15.9. The van der Waals surface area contributed by atoms with Crippen LogP contribution in [0.3, 0.4) is 0 Å². The topological polar surface area (TPSA) is 62.5 Å². The summed E-state index contributed by atoms with van der Waals surface area (Å²) in [7, 11) is 0. The smallest absolute Gasteiger partial charge is 0.161 e. The highest BCUT2D eigenvalue weighted by atomic mass is 35.5. The molecule has 160 valence electrons. The average Bonchev–Trinajstić information content (AvgIpc) is 3.30. The van der Waals surface area contributed by atoms with Gasteiger partial charge in [0.05, 0.1) is 17.2 Å². The molecule has 32 heavy (non-hydrogen) atoms. The van der Waals surface area contributed by atoms with E-state index >= 15 is 4.39 Å². The van der Waals surface area contributed by atoms with E-state index in [-0.39, 0.29) is 52.5 Å². The molecule has 2 heterocycles. The summed E-state index contributed by atoms with van der Waals surface area (Å²) in [5, 5.41) is 19.8. The first-order valence-corrected chi connectivity index (χ1v) is 10.6. The van der Waals surface area contributed by atoms with Crippen molar-refractivity contribution >= 4 is 11.6 Å². The Balaban J connectivity index is 1.60. The first kappa shape index (κ1) is 19.5. The molecule has 0 spiro atoms. The van der Waals surface area contributed by atoms with E-state index in [1.807, 2.05) is 24.3 Å². The summed E-state index contributed by atoms with van der Waals surface area (Å²) in [5.41, 5.74) is 0.454. The van der Waals surface area contributed by atoms with Gasteiger partial charge in [-0.1, -0.05) is 41.9 Å². The van der Waals surface area contributed by atoms with Crippen LogP contribution in [0, 0.1) is 23.0 Å². The molecule has 0 saturated heterocycles. The number of halogens is 3. The van der Waals surface area contributed by atoms with Crippen LogP contribution in [0.4, 0.5) is 8.78 Å². The number of aliphatic hydroxyl groups excluding tert-OH is 1. The lowest BCUT2D eigenvalue weighted by molar-refractivity contribution is 0.0246. The molecule has 6 rings (SSSR count). The third-order valence-corrected chi connectivity index (χ3v) is 7.00. The fourth-order valence-corrected chi connectivity index (χ4v) is 5.23. The minimum atomic E-state index is -1.17. The zero-order valence-corrected chi connectivity index (χ0v) is 17.4. The molecule has 0 bridgehead atoms. The number of ether oxygens (including phenoxy) is 2. The van der Waals surface area contributed by atoms with Gasteiger partial charge in [-0.2, -0.15) is 5.26 Å². The number of aliphatic hydroxyl groups is 1. The molecule has 1 fully saturated rings. The van der Waals surface area contributed by atoms with Gasteiger partial charge in [0.25, 0.3) is 0 Å². The maximum atomic E-state index is 15.9. The number of rotatable bonds is 3. The Morgan fingerprint density at radius 1 is 1.16 bits per heavy atom. The number of nitriles is 1. The number of hydrogen-bond acceptors (Lipinski definition) is 4. The number of fused-ring (bicyclic) bond motifs is 4. The molecule has 0 radical (unpaired) electrons. The molecule has 0 aromatic heterocycles. The van der Waals surface area contributed by atoms with E-state index < -0.39 is 17.2 Å². The SMILES string of the molecule is N#Cc1cc2c(c(F)c1-c1c(Cl)c(F)cc3c1C[C@@](CO)(c1ccccc1)O3)C1CC1O2. The molecule has 0 amide bonds. The molecule has 3 aromatic carbocycles. The van der Waals surface area contributed by atoms with Crippen LogP contribution >= 0.6 is 11.6 Å². The molecule has 3 atom stereocenters. The fraction of sp³-hybridized carbons (Fsp3) is 0.240. The second-order valence-corrected chi connectivity index (χ2v) is 8.83. The summed E-state index contributed by atoms with van der Waals surface area (Å²) in [5.74, 6) is -0.928. The van der Waals surface area contributed by atoms with Crippen molar-refractivity contribution < 1.29 is 23.4 Å². The van der Waals surface area contributed by atoms with E-state index in [0.29, 0.717) is 22.4 Å². The van der Waals surface area contributed by atoms with Gasteiger partial charge in [-0.25, -0.2) is 8.78 Å². The Morgan fingerprint density at radius 2 is 1.94 bits per heavy atom. The van der Waals surface area contributed by atoms with E-state index in [2.05, 4.69) is 0 Å². The van der Waals surface area contributed by atoms with Gasteiger partial charge in [0.15, 0.2) is 5.60 Å². The predicted molar refractivity (Wildman–Crippen MR) is 113 cm³/mol. The summed E-state index contributed by atoms with van der Waals surface area (Å²) < 4.78 is 42.5. The molecule has 1 aliphatic carbocycles. The van der Waals surface area contributed by atoms with Crippen molar-refractivity contribution in [2.24, 2.45) is 0 Å². The zero-order chi connectivity index (χ0) is 22.2. The number of hydrogen-bond donors (Lipinski definition) is 1. The van der Waals surface area contributed by atoms with Crippen molar-refractivity contribution in [3.8, 4) is 28.7 Å². The van der Waals surface area contributed by atoms with E-state index in [1.165, 1.54) is 6.07 Å². The predicted octanol–water partition coefficient (Wildman–Crippen LogP) is 5.23. The van der Waals surface area contributed by atoms with Crippen molar-refractivity contribution in [1.82, 2.24) is 0 Å². The third-order valence-electron chi connectivity index (χ3n) is 6.63. The van der Waals surface area contributed by atoms with Crippen molar-refractivity contribution in [1.29, 1.82) is 5.26 Å². The highest BCUT2D eigenvalue weighted by Gasteiger charge is 2.51. The first-order chi connectivity index (χ1) is 15.5. The zero-order valence-electron chi connectivity index (χ0n) is 16.7. The molecular formula is C25H16ClF2NO3. The van der Waals surface area contributed by atoms with E-state index in [1.54, 1.807) is 12.1 Å². The van der Waals surface area contributed by atoms with Gasteiger partial charge < -0.3 is 14.6 Å². The molecule has 2 unspecified atom stereocenters. The molecule has 4 nitrogen and oxygen atoms in total. The normalized spacial score (nSPS) is 24.1. The first-order valence-electron chi connectivity index (χ1n) is 10.3. The standard InChI is InChI=1S/C25H16ClF2NO3/c26-23-16(27)8-18-15(9-25(11-30,32-18)13-4-2-1-3-5-13)22(23)20-12(10-29)6-19-21(24(20)28)14-7-17(14)31-19/h1-6,8,14,17,30H,7,9,11H2/t14?,17?,25-/m1/s1. The summed E-state index contributed by atoms with van der Waals surface area (Å²) in [4.78, 5) is 0. The van der Waals surface area contributed by atoms with Gasteiger partial charge in [0, 0.05) is 40.7 Å². The van der Waals surface area contributed by atoms with Crippen LogP contribution in [0.15, 0.2) is 42.5 Å². The summed E-state index contributed by atoms with van der Waals surface area (Å²) in [6, 6.07) is 13.7. The number of nitrogens with zero attached hydrogens (tertiary/aromatic N) is 1. The van der Waals surface area contributed by atoms with Crippen molar-refractivity contribution in [3.05, 3.63) is 81.4 Å². The molecule has 3 aromatic rings. The summed E-state index contributed by atoms with van der Waals surface area (Å²) in [6.45, 7) is -0.375.